The van der Waals surface area contributed by atoms with E-state index in [-0.39, 0.29) is 24.3 Å². The third kappa shape index (κ3) is 5.08. The summed E-state index contributed by atoms with van der Waals surface area (Å²) in [5.74, 6) is -0.364. The van der Waals surface area contributed by atoms with Crippen LogP contribution >= 0.6 is 0 Å². The Labute approximate surface area is 144 Å². The van der Waals surface area contributed by atoms with Crippen LogP contribution in [0.4, 0.5) is 0 Å². The monoisotopic (exact) mass is 331 g/mol. The van der Waals surface area contributed by atoms with E-state index in [1.807, 2.05) is 4.90 Å². The second kappa shape index (κ2) is 8.86. The summed E-state index contributed by atoms with van der Waals surface area (Å²) in [6.07, 6.45) is 5.21. The zero-order valence-corrected chi connectivity index (χ0v) is 14.8. The Morgan fingerprint density at radius 3 is 2.58 bits per heavy atom. The lowest BCUT2D eigenvalue weighted by atomic mass is 9.90. The predicted octanol–water partition coefficient (Wildman–Crippen LogP) is 4.12. The van der Waals surface area contributed by atoms with Gasteiger partial charge in [0.1, 0.15) is 0 Å². The lowest BCUT2D eigenvalue weighted by Crippen LogP contribution is -2.44. The Hall–Kier alpha value is -1.84. The van der Waals surface area contributed by atoms with Crippen LogP contribution < -0.4 is 0 Å². The molecule has 0 aromatic heterocycles. The van der Waals surface area contributed by atoms with Gasteiger partial charge in [-0.15, -0.1) is 0 Å². The SMILES string of the molecule is CCC(CC(=O)N1CCCCC1CCC(=O)O)c1ccc(C)cc1. The molecule has 1 aliphatic rings. The molecule has 4 heteroatoms. The van der Waals surface area contributed by atoms with Crippen molar-refractivity contribution in [2.24, 2.45) is 0 Å². The van der Waals surface area contributed by atoms with Gasteiger partial charge in [0.2, 0.25) is 5.91 Å². The maximum atomic E-state index is 12.8. The molecular weight excluding hydrogens is 302 g/mol. The summed E-state index contributed by atoms with van der Waals surface area (Å²) in [7, 11) is 0. The van der Waals surface area contributed by atoms with Gasteiger partial charge in [0.15, 0.2) is 0 Å². The van der Waals surface area contributed by atoms with Crippen LogP contribution in [-0.4, -0.2) is 34.5 Å². The van der Waals surface area contributed by atoms with E-state index in [0.29, 0.717) is 12.8 Å². The van der Waals surface area contributed by atoms with Gasteiger partial charge in [-0.05, 0) is 50.5 Å². The molecule has 0 radical (unpaired) electrons. The van der Waals surface area contributed by atoms with Crippen LogP contribution in [0.5, 0.6) is 0 Å². The van der Waals surface area contributed by atoms with Crippen molar-refractivity contribution in [2.45, 2.75) is 70.8 Å². The molecule has 2 rings (SSSR count). The van der Waals surface area contributed by atoms with E-state index in [4.69, 9.17) is 5.11 Å². The van der Waals surface area contributed by atoms with Crippen LogP contribution in [0, 0.1) is 6.92 Å². The van der Waals surface area contributed by atoms with Gasteiger partial charge >= 0.3 is 5.97 Å². The number of carboxylic acids is 1. The van der Waals surface area contributed by atoms with Gasteiger partial charge in [-0.2, -0.15) is 0 Å². The maximum Gasteiger partial charge on any atom is 0.303 e. The molecule has 0 bridgehead atoms. The molecule has 0 saturated carbocycles. The Morgan fingerprint density at radius 1 is 1.25 bits per heavy atom. The molecule has 2 unspecified atom stereocenters. The van der Waals surface area contributed by atoms with Crippen LogP contribution in [0.1, 0.15) is 68.9 Å². The van der Waals surface area contributed by atoms with Crippen molar-refractivity contribution in [2.75, 3.05) is 6.54 Å². The van der Waals surface area contributed by atoms with E-state index < -0.39 is 5.97 Å². The Balaban J connectivity index is 2.01. The number of aliphatic carboxylic acids is 1. The number of carboxylic acid groups (broad SMARTS) is 1. The van der Waals surface area contributed by atoms with E-state index in [1.54, 1.807) is 0 Å². The third-order valence-electron chi connectivity index (χ3n) is 5.10. The highest BCUT2D eigenvalue weighted by molar-refractivity contribution is 5.77. The summed E-state index contributed by atoms with van der Waals surface area (Å²) in [5.41, 5.74) is 2.44. The number of aryl methyl sites for hydroxylation is 1. The molecule has 0 spiro atoms. The maximum absolute atomic E-state index is 12.8. The smallest absolute Gasteiger partial charge is 0.303 e. The van der Waals surface area contributed by atoms with Crippen molar-refractivity contribution in [3.63, 3.8) is 0 Å². The summed E-state index contributed by atoms with van der Waals surface area (Å²) in [6.45, 7) is 4.96. The summed E-state index contributed by atoms with van der Waals surface area (Å²) >= 11 is 0. The van der Waals surface area contributed by atoms with Crippen LogP contribution in [-0.2, 0) is 9.59 Å². The lowest BCUT2D eigenvalue weighted by Gasteiger charge is -2.36. The normalized spacial score (nSPS) is 19.1. The van der Waals surface area contributed by atoms with Crippen molar-refractivity contribution in [3.05, 3.63) is 35.4 Å². The topological polar surface area (TPSA) is 57.6 Å². The van der Waals surface area contributed by atoms with E-state index in [9.17, 15) is 9.59 Å². The highest BCUT2D eigenvalue weighted by atomic mass is 16.4. The minimum atomic E-state index is -0.779. The average Bonchev–Trinajstić information content (AvgIpc) is 2.58. The summed E-state index contributed by atoms with van der Waals surface area (Å²) in [6, 6.07) is 8.53. The first-order valence-corrected chi connectivity index (χ1v) is 9.09. The van der Waals surface area contributed by atoms with Crippen LogP contribution in [0.2, 0.25) is 0 Å². The van der Waals surface area contributed by atoms with Crippen LogP contribution in [0.25, 0.3) is 0 Å². The molecule has 1 heterocycles. The highest BCUT2D eigenvalue weighted by Gasteiger charge is 2.28. The van der Waals surface area contributed by atoms with E-state index in [0.717, 1.165) is 32.2 Å². The molecule has 2 atom stereocenters. The van der Waals surface area contributed by atoms with Gasteiger partial charge in [0.25, 0.3) is 0 Å². The predicted molar refractivity (Wildman–Crippen MR) is 95.0 cm³/mol. The van der Waals surface area contributed by atoms with Crippen molar-refractivity contribution in [3.8, 4) is 0 Å². The van der Waals surface area contributed by atoms with Gasteiger partial charge in [-0.3, -0.25) is 9.59 Å². The fourth-order valence-corrected chi connectivity index (χ4v) is 3.58. The number of hydrogen-bond donors (Lipinski definition) is 1. The van der Waals surface area contributed by atoms with Crippen LogP contribution in [0.15, 0.2) is 24.3 Å². The number of carbonyl (C=O) groups is 2. The number of hydrogen-bond acceptors (Lipinski definition) is 2. The van der Waals surface area contributed by atoms with Crippen molar-refractivity contribution in [1.82, 2.24) is 4.90 Å². The number of nitrogens with zero attached hydrogens (tertiary/aromatic N) is 1. The van der Waals surface area contributed by atoms with E-state index in [2.05, 4.69) is 38.1 Å². The number of likely N-dealkylation sites (tertiary alicyclic amines) is 1. The van der Waals surface area contributed by atoms with Crippen molar-refractivity contribution in [1.29, 1.82) is 0 Å². The second-order valence-electron chi connectivity index (χ2n) is 6.89. The van der Waals surface area contributed by atoms with E-state index in [1.165, 1.54) is 11.1 Å². The molecule has 0 aliphatic carbocycles. The molecule has 1 amide bonds. The minimum absolute atomic E-state index is 0.0953. The number of carbonyl (C=O) groups excluding carboxylic acids is 1. The Bertz CT molecular complexity index is 553. The van der Waals surface area contributed by atoms with Gasteiger partial charge in [-0.25, -0.2) is 0 Å². The van der Waals surface area contributed by atoms with Crippen molar-refractivity contribution >= 4 is 11.9 Å². The molecular formula is C20H29NO3. The summed E-state index contributed by atoms with van der Waals surface area (Å²) in [5, 5.41) is 8.92. The molecule has 132 valence electrons. The van der Waals surface area contributed by atoms with Gasteiger partial charge in [0.05, 0.1) is 0 Å². The number of rotatable bonds is 7. The van der Waals surface area contributed by atoms with Gasteiger partial charge in [0, 0.05) is 25.4 Å². The number of benzene rings is 1. The molecule has 24 heavy (non-hydrogen) atoms. The first-order chi connectivity index (χ1) is 11.5. The third-order valence-corrected chi connectivity index (χ3v) is 5.10. The fraction of sp³-hybridized carbons (Fsp3) is 0.600. The number of amides is 1. The largest absolute Gasteiger partial charge is 0.481 e. The highest BCUT2D eigenvalue weighted by Crippen LogP contribution is 2.28. The number of piperidine rings is 1. The average molecular weight is 331 g/mol. The summed E-state index contributed by atoms with van der Waals surface area (Å²) < 4.78 is 0. The Kier molecular flexibility index (Phi) is 6.83. The van der Waals surface area contributed by atoms with Gasteiger partial charge in [-0.1, -0.05) is 36.8 Å². The molecule has 1 fully saturated rings. The van der Waals surface area contributed by atoms with Crippen molar-refractivity contribution < 1.29 is 14.7 Å². The van der Waals surface area contributed by atoms with E-state index >= 15 is 0 Å². The first-order valence-electron chi connectivity index (χ1n) is 9.09. The zero-order valence-electron chi connectivity index (χ0n) is 14.8. The summed E-state index contributed by atoms with van der Waals surface area (Å²) in [4.78, 5) is 25.6. The molecule has 4 nitrogen and oxygen atoms in total. The van der Waals surface area contributed by atoms with Crippen LogP contribution in [0.3, 0.4) is 0 Å². The molecule has 1 aromatic rings. The molecule has 1 aromatic carbocycles. The quantitative estimate of drug-likeness (QED) is 0.817. The molecule has 1 aliphatic heterocycles. The standard InChI is InChI=1S/C20H29NO3/c1-3-16(17-9-7-15(2)8-10-17)14-19(22)21-13-5-4-6-18(21)11-12-20(23)24/h7-10,16,18H,3-6,11-14H2,1-2H3,(H,23,24). The van der Waals surface area contributed by atoms with Gasteiger partial charge < -0.3 is 10.0 Å². The fourth-order valence-electron chi connectivity index (χ4n) is 3.58. The molecule has 1 N–H and O–H groups in total. The minimum Gasteiger partial charge on any atom is -0.481 e. The zero-order chi connectivity index (χ0) is 17.5. The lowest BCUT2D eigenvalue weighted by molar-refractivity contribution is -0.140. The second-order valence-corrected chi connectivity index (χ2v) is 6.89. The molecule has 1 saturated heterocycles. The first kappa shape index (κ1) is 18.5. The Morgan fingerprint density at radius 2 is 1.96 bits per heavy atom.